The molecule has 1 amide bonds. The number of fused-ring (bicyclic) bond motifs is 2. The van der Waals surface area contributed by atoms with Crippen molar-refractivity contribution in [1.82, 2.24) is 19.7 Å². The van der Waals surface area contributed by atoms with Gasteiger partial charge in [-0.05, 0) is 29.8 Å². The van der Waals surface area contributed by atoms with Gasteiger partial charge in [-0.25, -0.2) is 0 Å². The van der Waals surface area contributed by atoms with E-state index in [0.717, 1.165) is 60.7 Å². The molecule has 1 unspecified atom stereocenters. The first-order valence-corrected chi connectivity index (χ1v) is 10.8. The Morgan fingerprint density at radius 1 is 1.19 bits per heavy atom. The molecule has 3 N–H and O–H groups in total. The van der Waals surface area contributed by atoms with Crippen LogP contribution in [0, 0.1) is 5.92 Å². The minimum atomic E-state index is -0.320. The second-order valence-corrected chi connectivity index (χ2v) is 8.34. The van der Waals surface area contributed by atoms with Crippen molar-refractivity contribution in [1.29, 1.82) is 0 Å². The maximum atomic E-state index is 11.6. The van der Waals surface area contributed by atoms with Crippen LogP contribution >= 0.6 is 0 Å². The molecule has 1 saturated heterocycles. The Kier molecular flexibility index (Phi) is 5.21. The van der Waals surface area contributed by atoms with Crippen LogP contribution in [0.1, 0.15) is 12.5 Å². The fourth-order valence-corrected chi connectivity index (χ4v) is 4.24. The predicted molar refractivity (Wildman–Crippen MR) is 121 cm³/mol. The molecule has 1 atom stereocenters. The molecule has 0 aliphatic carbocycles. The minimum Gasteiger partial charge on any atom is -0.379 e. The highest BCUT2D eigenvalue weighted by Gasteiger charge is 2.18. The summed E-state index contributed by atoms with van der Waals surface area (Å²) in [6.07, 6.45) is 0. The third-order valence-corrected chi connectivity index (χ3v) is 6.04. The molecule has 1 aliphatic heterocycles. The van der Waals surface area contributed by atoms with Crippen molar-refractivity contribution in [2.45, 2.75) is 20.0 Å². The molecule has 0 radical (unpaired) electrons. The Morgan fingerprint density at radius 2 is 2.00 bits per heavy atom. The van der Waals surface area contributed by atoms with Crippen LogP contribution in [0.2, 0.25) is 0 Å². The van der Waals surface area contributed by atoms with E-state index in [0.29, 0.717) is 6.54 Å². The summed E-state index contributed by atoms with van der Waals surface area (Å²) in [7, 11) is 0. The van der Waals surface area contributed by atoms with Crippen LogP contribution < -0.4 is 5.73 Å². The Morgan fingerprint density at radius 3 is 2.81 bits per heavy atom. The van der Waals surface area contributed by atoms with Gasteiger partial charge in [0.1, 0.15) is 5.69 Å². The van der Waals surface area contributed by atoms with Gasteiger partial charge in [-0.1, -0.05) is 31.2 Å². The van der Waals surface area contributed by atoms with Gasteiger partial charge in [-0.2, -0.15) is 5.10 Å². The molecule has 0 bridgehead atoms. The lowest BCUT2D eigenvalue weighted by atomic mass is 10.1. The molecule has 1 aliphatic rings. The summed E-state index contributed by atoms with van der Waals surface area (Å²) in [6.45, 7) is 6.79. The van der Waals surface area contributed by atoms with E-state index in [-0.39, 0.29) is 11.8 Å². The lowest BCUT2D eigenvalue weighted by Crippen LogP contribution is -2.35. The second kappa shape index (κ2) is 8.17. The van der Waals surface area contributed by atoms with Crippen LogP contribution in [-0.2, 0) is 22.6 Å². The van der Waals surface area contributed by atoms with E-state index in [1.807, 2.05) is 29.8 Å². The van der Waals surface area contributed by atoms with Crippen molar-refractivity contribution >= 4 is 27.7 Å². The molecular weight excluding hydrogens is 390 g/mol. The number of rotatable bonds is 6. The summed E-state index contributed by atoms with van der Waals surface area (Å²) in [5.74, 6) is -0.610. The average molecular weight is 418 g/mol. The van der Waals surface area contributed by atoms with Crippen molar-refractivity contribution in [3.63, 3.8) is 0 Å². The Hall–Kier alpha value is -3.16. The Labute approximate surface area is 180 Å². The summed E-state index contributed by atoms with van der Waals surface area (Å²) in [4.78, 5) is 17.5. The molecule has 0 spiro atoms. The average Bonchev–Trinajstić information content (AvgIpc) is 3.35. The van der Waals surface area contributed by atoms with E-state index >= 15 is 0 Å². The van der Waals surface area contributed by atoms with Crippen molar-refractivity contribution in [3.05, 3.63) is 54.1 Å². The third kappa shape index (κ3) is 3.94. The highest BCUT2D eigenvalue weighted by Crippen LogP contribution is 2.31. The predicted octanol–water partition coefficient (Wildman–Crippen LogP) is 3.14. The number of ether oxygens (including phenoxy) is 1. The number of para-hydroxylation sites is 1. The summed E-state index contributed by atoms with van der Waals surface area (Å²) in [6, 6.07) is 16.8. The molecule has 2 aromatic heterocycles. The Bertz CT molecular complexity index is 1240. The molecular formula is C24H27N5O2. The number of carbonyl (C=O) groups excluding carboxylic acids is 1. The van der Waals surface area contributed by atoms with Crippen LogP contribution in [0.25, 0.3) is 33.2 Å². The zero-order valence-corrected chi connectivity index (χ0v) is 17.7. The smallest absolute Gasteiger partial charge is 0.222 e. The number of benzene rings is 2. The highest BCUT2D eigenvalue weighted by molar-refractivity contribution is 5.96. The van der Waals surface area contributed by atoms with E-state index in [1.54, 1.807) is 0 Å². The van der Waals surface area contributed by atoms with Gasteiger partial charge in [0.2, 0.25) is 5.91 Å². The molecule has 31 heavy (non-hydrogen) atoms. The van der Waals surface area contributed by atoms with Gasteiger partial charge >= 0.3 is 0 Å². The fourth-order valence-electron chi connectivity index (χ4n) is 4.24. The fraction of sp³-hybridized carbons (Fsp3) is 0.333. The van der Waals surface area contributed by atoms with Gasteiger partial charge in [0.05, 0.1) is 36.9 Å². The first-order chi connectivity index (χ1) is 15.1. The van der Waals surface area contributed by atoms with Crippen LogP contribution in [0.4, 0.5) is 0 Å². The van der Waals surface area contributed by atoms with E-state index in [2.05, 4.69) is 40.2 Å². The number of H-pyrrole nitrogens is 1. The number of primary amides is 1. The van der Waals surface area contributed by atoms with Crippen LogP contribution in [0.3, 0.4) is 0 Å². The van der Waals surface area contributed by atoms with Crippen molar-refractivity contribution in [2.24, 2.45) is 11.7 Å². The lowest BCUT2D eigenvalue weighted by Gasteiger charge is -2.26. The van der Waals surface area contributed by atoms with E-state index in [4.69, 9.17) is 15.6 Å². The first-order valence-electron chi connectivity index (χ1n) is 10.8. The van der Waals surface area contributed by atoms with E-state index < -0.39 is 0 Å². The summed E-state index contributed by atoms with van der Waals surface area (Å²) in [5.41, 5.74) is 10.7. The molecule has 1 fully saturated rings. The van der Waals surface area contributed by atoms with Gasteiger partial charge in [-0.3, -0.25) is 14.4 Å². The first kappa shape index (κ1) is 19.8. The lowest BCUT2D eigenvalue weighted by molar-refractivity contribution is -0.121. The van der Waals surface area contributed by atoms with Crippen molar-refractivity contribution < 1.29 is 9.53 Å². The number of carbonyl (C=O) groups is 1. The summed E-state index contributed by atoms with van der Waals surface area (Å²) >= 11 is 0. The van der Waals surface area contributed by atoms with E-state index in [9.17, 15) is 4.79 Å². The monoisotopic (exact) mass is 417 g/mol. The van der Waals surface area contributed by atoms with Crippen LogP contribution in [-0.4, -0.2) is 51.9 Å². The standard InChI is InChI=1S/C24H27N5O2/c1-16(24(25)30)14-29-22-5-3-2-4-19(22)23(27-29)21-13-18-12-17(6-7-20(18)26-21)15-28-8-10-31-11-9-28/h2-7,12-13,16,26H,8-11,14-15H2,1H3,(H2,25,30). The Balaban J connectivity index is 1.49. The number of aromatic nitrogens is 3. The normalized spacial score (nSPS) is 16.2. The van der Waals surface area contributed by atoms with Crippen molar-refractivity contribution in [2.75, 3.05) is 26.3 Å². The minimum absolute atomic E-state index is 0.290. The molecule has 2 aromatic carbocycles. The SMILES string of the molecule is CC(Cn1nc(-c2cc3cc(CN4CCOCC4)ccc3[nH]2)c2ccccc21)C(N)=O. The molecule has 3 heterocycles. The summed E-state index contributed by atoms with van der Waals surface area (Å²) < 4.78 is 7.34. The quantitative estimate of drug-likeness (QED) is 0.504. The molecule has 5 rings (SSSR count). The largest absolute Gasteiger partial charge is 0.379 e. The van der Waals surface area contributed by atoms with Gasteiger partial charge in [0.15, 0.2) is 0 Å². The van der Waals surface area contributed by atoms with Crippen LogP contribution in [0.15, 0.2) is 48.5 Å². The number of amides is 1. The molecule has 160 valence electrons. The summed E-state index contributed by atoms with van der Waals surface area (Å²) in [5, 5.41) is 7.07. The molecule has 0 saturated carbocycles. The number of aromatic amines is 1. The maximum Gasteiger partial charge on any atom is 0.222 e. The van der Waals surface area contributed by atoms with E-state index in [1.165, 1.54) is 10.9 Å². The number of nitrogens with zero attached hydrogens (tertiary/aromatic N) is 3. The molecule has 4 aromatic rings. The maximum absolute atomic E-state index is 11.6. The third-order valence-electron chi connectivity index (χ3n) is 6.04. The van der Waals surface area contributed by atoms with Gasteiger partial charge in [0.25, 0.3) is 0 Å². The molecule has 7 heteroatoms. The van der Waals surface area contributed by atoms with Gasteiger partial charge < -0.3 is 15.5 Å². The van der Waals surface area contributed by atoms with Gasteiger partial charge in [0, 0.05) is 35.9 Å². The topological polar surface area (TPSA) is 89.2 Å². The number of nitrogens with two attached hydrogens (primary N) is 1. The number of nitrogens with one attached hydrogen (secondary N) is 1. The van der Waals surface area contributed by atoms with Gasteiger partial charge in [-0.15, -0.1) is 0 Å². The zero-order chi connectivity index (χ0) is 21.4. The number of morpholine rings is 1. The van der Waals surface area contributed by atoms with Crippen LogP contribution in [0.5, 0.6) is 0 Å². The van der Waals surface area contributed by atoms with Crippen molar-refractivity contribution in [3.8, 4) is 11.4 Å². The number of hydrogen-bond acceptors (Lipinski definition) is 4. The molecule has 7 nitrogen and oxygen atoms in total. The zero-order valence-electron chi connectivity index (χ0n) is 17.7. The second-order valence-electron chi connectivity index (χ2n) is 8.34. The number of hydrogen-bond donors (Lipinski definition) is 2. The highest BCUT2D eigenvalue weighted by atomic mass is 16.5.